The Morgan fingerprint density at radius 3 is 2.73 bits per heavy atom. The highest BCUT2D eigenvalue weighted by Gasteiger charge is 2.27. The molecule has 6 rings (SSSR count). The maximum Gasteiger partial charge on any atom is 0.257 e. The average molecular weight is 580 g/mol. The number of amides is 1. The molecule has 0 bridgehead atoms. The van der Waals surface area contributed by atoms with Crippen LogP contribution in [0, 0.1) is 0 Å². The quantitative estimate of drug-likeness (QED) is 0.318. The number of pyridine rings is 1. The molecule has 0 aliphatic carbocycles. The number of hydrogen-bond acceptors (Lipinski definition) is 7. The molecule has 1 N–H and O–H groups in total. The van der Waals surface area contributed by atoms with Crippen LogP contribution in [0.2, 0.25) is 5.02 Å². The molecule has 1 fully saturated rings. The van der Waals surface area contributed by atoms with Crippen LogP contribution in [0.15, 0.2) is 64.9 Å². The molecule has 9 nitrogen and oxygen atoms in total. The molecule has 40 heavy (non-hydrogen) atoms. The lowest BCUT2D eigenvalue weighted by atomic mass is 10.0. The summed E-state index contributed by atoms with van der Waals surface area (Å²) in [5.74, 6) is 0.933. The molecule has 1 amide bonds. The number of rotatable bonds is 8. The zero-order valence-corrected chi connectivity index (χ0v) is 23.7. The van der Waals surface area contributed by atoms with Crippen LogP contribution >= 0.6 is 23.4 Å². The number of nitrogens with one attached hydrogen (secondary N) is 1. The lowest BCUT2D eigenvalue weighted by Crippen LogP contribution is -2.36. The number of aryl methyl sites for hydroxylation is 1. The van der Waals surface area contributed by atoms with Crippen molar-refractivity contribution in [2.45, 2.75) is 30.9 Å². The number of morpholine rings is 1. The van der Waals surface area contributed by atoms with Crippen LogP contribution in [0.1, 0.15) is 21.5 Å². The van der Waals surface area contributed by atoms with E-state index in [1.165, 1.54) is 0 Å². The summed E-state index contributed by atoms with van der Waals surface area (Å²) in [6.45, 7) is 4.52. The van der Waals surface area contributed by atoms with E-state index in [0.717, 1.165) is 34.9 Å². The van der Waals surface area contributed by atoms with Gasteiger partial charge in [-0.1, -0.05) is 35.5 Å². The number of thioether (sulfide) groups is 1. The Balaban J connectivity index is 1.32. The van der Waals surface area contributed by atoms with Gasteiger partial charge in [0.15, 0.2) is 5.16 Å². The summed E-state index contributed by atoms with van der Waals surface area (Å²) < 4.78 is 15.9. The summed E-state index contributed by atoms with van der Waals surface area (Å²) in [6.07, 6.45) is 5.20. The van der Waals surface area contributed by atoms with Gasteiger partial charge >= 0.3 is 0 Å². The third kappa shape index (κ3) is 5.76. The molecule has 4 heterocycles. The number of aromatic nitrogens is 3. The Labute approximate surface area is 241 Å². The zero-order valence-electron chi connectivity index (χ0n) is 22.1. The van der Waals surface area contributed by atoms with Crippen molar-refractivity contribution in [3.63, 3.8) is 0 Å². The molecule has 1 unspecified atom stereocenters. The molecule has 0 saturated carbocycles. The van der Waals surface area contributed by atoms with E-state index in [1.54, 1.807) is 36.3 Å². The first kappa shape index (κ1) is 26.9. The number of imidazole rings is 1. The van der Waals surface area contributed by atoms with Crippen molar-refractivity contribution in [3.8, 4) is 5.75 Å². The number of benzene rings is 2. The summed E-state index contributed by atoms with van der Waals surface area (Å²) in [5, 5.41) is 4.93. The average Bonchev–Trinajstić information content (AvgIpc) is 3.38. The maximum atomic E-state index is 13.7. The molecule has 208 valence electrons. The van der Waals surface area contributed by atoms with Gasteiger partial charge in [-0.25, -0.2) is 4.98 Å². The lowest BCUT2D eigenvalue weighted by Gasteiger charge is -2.30. The van der Waals surface area contributed by atoms with Crippen LogP contribution in [0.3, 0.4) is 0 Å². The topological polar surface area (TPSA) is 90.6 Å². The molecule has 11 heteroatoms. The van der Waals surface area contributed by atoms with Crippen LogP contribution in [-0.4, -0.2) is 63.1 Å². The Kier molecular flexibility index (Phi) is 7.84. The summed E-state index contributed by atoms with van der Waals surface area (Å²) in [7, 11) is 1.96. The van der Waals surface area contributed by atoms with Crippen molar-refractivity contribution in [1.82, 2.24) is 24.3 Å². The van der Waals surface area contributed by atoms with Crippen molar-refractivity contribution in [2.75, 3.05) is 32.1 Å². The third-order valence-electron chi connectivity index (χ3n) is 7.19. The maximum absolute atomic E-state index is 13.7. The normalized spacial score (nSPS) is 17.1. The molecule has 1 atom stereocenters. The molecular formula is C29H30ClN5O4S. The van der Waals surface area contributed by atoms with Crippen molar-refractivity contribution >= 4 is 40.2 Å². The predicted molar refractivity (Wildman–Crippen MR) is 155 cm³/mol. The van der Waals surface area contributed by atoms with E-state index in [-0.39, 0.29) is 17.1 Å². The number of halogens is 1. The van der Waals surface area contributed by atoms with Gasteiger partial charge < -0.3 is 23.9 Å². The van der Waals surface area contributed by atoms with Crippen LogP contribution < -0.4 is 15.5 Å². The van der Waals surface area contributed by atoms with Gasteiger partial charge in [0.1, 0.15) is 17.4 Å². The van der Waals surface area contributed by atoms with E-state index >= 15 is 0 Å². The number of nitrogens with zero attached hydrogens (tertiary/aromatic N) is 4. The second kappa shape index (κ2) is 11.7. The van der Waals surface area contributed by atoms with Crippen LogP contribution in [0.25, 0.3) is 10.9 Å². The van der Waals surface area contributed by atoms with Gasteiger partial charge in [0.25, 0.3) is 5.91 Å². The van der Waals surface area contributed by atoms with Gasteiger partial charge in [0, 0.05) is 62.6 Å². The molecule has 2 aromatic heterocycles. The number of hydrogen-bond donors (Lipinski definition) is 1. The standard InChI is InChI=1S/C29H30ClN5O4S/c1-33-7-6-31-29(33)40-18-22-16-35-17-24(28(37)32-14-19-2-4-21(30)5-3-19)27(36)23-12-20(13-25(39-22)26(23)35)15-34-8-10-38-11-9-34/h2-7,12-13,17,22H,8-11,14-16,18H2,1H3,(H,32,37). The molecule has 1 saturated heterocycles. The molecule has 2 aliphatic heterocycles. The summed E-state index contributed by atoms with van der Waals surface area (Å²) in [6, 6.07) is 11.2. The van der Waals surface area contributed by atoms with Gasteiger partial charge in [0.05, 0.1) is 30.7 Å². The zero-order chi connectivity index (χ0) is 27.6. The summed E-state index contributed by atoms with van der Waals surface area (Å²) in [4.78, 5) is 33.7. The molecule has 4 aromatic rings. The van der Waals surface area contributed by atoms with E-state index in [1.807, 2.05) is 46.6 Å². The first-order valence-corrected chi connectivity index (χ1v) is 14.6. The minimum absolute atomic E-state index is 0.119. The van der Waals surface area contributed by atoms with Crippen LogP contribution in [-0.2, 0) is 31.4 Å². The monoisotopic (exact) mass is 579 g/mol. The molecule has 0 spiro atoms. The molecule has 2 aliphatic rings. The Bertz CT molecular complexity index is 1600. The SMILES string of the molecule is Cn1ccnc1SCC1Cn2cc(C(=O)NCc3ccc(Cl)cc3)c(=O)c3cc(CN4CCOCC4)cc(c32)O1. The molecule has 0 radical (unpaired) electrons. The van der Waals surface area contributed by atoms with E-state index in [0.29, 0.717) is 54.8 Å². The third-order valence-corrected chi connectivity index (χ3v) is 8.63. The first-order valence-electron chi connectivity index (χ1n) is 13.2. The van der Waals surface area contributed by atoms with Gasteiger partial charge in [-0.05, 0) is 35.4 Å². The number of carbonyl (C=O) groups is 1. The van der Waals surface area contributed by atoms with Crippen LogP contribution in [0.4, 0.5) is 0 Å². The van der Waals surface area contributed by atoms with Crippen molar-refractivity contribution in [1.29, 1.82) is 0 Å². The van der Waals surface area contributed by atoms with Crippen molar-refractivity contribution < 1.29 is 14.3 Å². The highest BCUT2D eigenvalue weighted by Crippen LogP contribution is 2.33. The Morgan fingerprint density at radius 1 is 1.18 bits per heavy atom. The lowest BCUT2D eigenvalue weighted by molar-refractivity contribution is 0.0341. The highest BCUT2D eigenvalue weighted by atomic mass is 35.5. The van der Waals surface area contributed by atoms with Gasteiger partial charge in [-0.2, -0.15) is 0 Å². The molecular weight excluding hydrogens is 550 g/mol. The first-order chi connectivity index (χ1) is 19.4. The van der Waals surface area contributed by atoms with Gasteiger partial charge in [-0.3, -0.25) is 14.5 Å². The largest absolute Gasteiger partial charge is 0.485 e. The predicted octanol–water partition coefficient (Wildman–Crippen LogP) is 3.70. The van der Waals surface area contributed by atoms with Crippen molar-refractivity contribution in [2.24, 2.45) is 7.05 Å². The van der Waals surface area contributed by atoms with E-state index < -0.39 is 5.91 Å². The minimum atomic E-state index is -0.406. The fourth-order valence-corrected chi connectivity index (χ4v) is 6.16. The molecule has 2 aromatic carbocycles. The minimum Gasteiger partial charge on any atom is -0.485 e. The van der Waals surface area contributed by atoms with E-state index in [2.05, 4.69) is 15.2 Å². The van der Waals surface area contributed by atoms with Gasteiger partial charge in [-0.15, -0.1) is 0 Å². The number of carbonyl (C=O) groups excluding carboxylic acids is 1. The van der Waals surface area contributed by atoms with Crippen LogP contribution in [0.5, 0.6) is 5.75 Å². The summed E-state index contributed by atoms with van der Waals surface area (Å²) >= 11 is 7.60. The number of ether oxygens (including phenoxy) is 2. The highest BCUT2D eigenvalue weighted by molar-refractivity contribution is 7.99. The fraction of sp³-hybridized carbons (Fsp3) is 0.345. The Morgan fingerprint density at radius 2 is 1.98 bits per heavy atom. The summed E-state index contributed by atoms with van der Waals surface area (Å²) in [5.41, 5.74) is 2.42. The van der Waals surface area contributed by atoms with E-state index in [4.69, 9.17) is 21.1 Å². The van der Waals surface area contributed by atoms with Crippen molar-refractivity contribution in [3.05, 3.63) is 86.9 Å². The van der Waals surface area contributed by atoms with E-state index in [9.17, 15) is 9.59 Å². The Hall–Kier alpha value is -3.31. The fourth-order valence-electron chi connectivity index (χ4n) is 5.12. The van der Waals surface area contributed by atoms with Gasteiger partial charge in [0.2, 0.25) is 5.43 Å². The second-order valence-electron chi connectivity index (χ2n) is 10.1. The second-order valence-corrected chi connectivity index (χ2v) is 11.5. The smallest absolute Gasteiger partial charge is 0.257 e.